The second-order valence-electron chi connectivity index (χ2n) is 4.68. The summed E-state index contributed by atoms with van der Waals surface area (Å²) in [6.07, 6.45) is 3.16. The van der Waals surface area contributed by atoms with E-state index in [0.717, 1.165) is 22.7 Å². The Morgan fingerprint density at radius 1 is 1.40 bits per heavy atom. The molecule has 0 fully saturated rings. The molecule has 0 aromatic carbocycles. The second kappa shape index (κ2) is 4.79. The molecular weight excluding hydrogens is 278 g/mol. The third kappa shape index (κ3) is 2.02. The standard InChI is InChI=1S/C13H14ClN5O/c1-8-11(14)17-13-15-7-16-19(13)12(8)18(3)6-10-4-5-20-9(10)2/h4-5,7H,6H2,1-3H3. The summed E-state index contributed by atoms with van der Waals surface area (Å²) in [6.45, 7) is 4.56. The van der Waals surface area contributed by atoms with Gasteiger partial charge in [-0.25, -0.2) is 0 Å². The maximum atomic E-state index is 6.17. The SMILES string of the molecule is Cc1occc1CN(C)c1c(C)c(Cl)nc2ncnn12. The predicted octanol–water partition coefficient (Wildman–Crippen LogP) is 2.62. The Balaban J connectivity index is 2.06. The zero-order chi connectivity index (χ0) is 14.3. The summed E-state index contributed by atoms with van der Waals surface area (Å²) in [7, 11) is 1.98. The maximum absolute atomic E-state index is 6.17. The first-order valence-electron chi connectivity index (χ1n) is 6.18. The van der Waals surface area contributed by atoms with Crippen LogP contribution in [0.1, 0.15) is 16.9 Å². The number of hydrogen-bond acceptors (Lipinski definition) is 5. The number of aryl methyl sites for hydroxylation is 1. The van der Waals surface area contributed by atoms with Crippen LogP contribution in [0.2, 0.25) is 5.15 Å². The number of halogens is 1. The molecule has 0 saturated carbocycles. The van der Waals surface area contributed by atoms with Crippen LogP contribution in [-0.4, -0.2) is 26.6 Å². The molecule has 20 heavy (non-hydrogen) atoms. The number of anilines is 1. The number of nitrogens with zero attached hydrogens (tertiary/aromatic N) is 5. The Kier molecular flexibility index (Phi) is 3.10. The number of furan rings is 1. The van der Waals surface area contributed by atoms with Crippen LogP contribution in [0.25, 0.3) is 5.78 Å². The summed E-state index contributed by atoms with van der Waals surface area (Å²) in [5.41, 5.74) is 1.99. The molecule has 0 atom stereocenters. The first-order valence-corrected chi connectivity index (χ1v) is 6.55. The van der Waals surface area contributed by atoms with Crippen LogP contribution in [0.5, 0.6) is 0 Å². The van der Waals surface area contributed by atoms with Gasteiger partial charge in [0.1, 0.15) is 23.1 Å². The lowest BCUT2D eigenvalue weighted by atomic mass is 10.2. The number of rotatable bonds is 3. The molecule has 3 aromatic rings. The van der Waals surface area contributed by atoms with Crippen molar-refractivity contribution in [1.29, 1.82) is 0 Å². The van der Waals surface area contributed by atoms with Crippen LogP contribution in [0, 0.1) is 13.8 Å². The Morgan fingerprint density at radius 2 is 2.20 bits per heavy atom. The molecule has 0 amide bonds. The van der Waals surface area contributed by atoms with E-state index in [9.17, 15) is 0 Å². The Bertz CT molecular complexity index is 763. The molecule has 0 aliphatic heterocycles. The number of hydrogen-bond donors (Lipinski definition) is 0. The Morgan fingerprint density at radius 3 is 2.90 bits per heavy atom. The summed E-state index contributed by atoms with van der Waals surface area (Å²) in [4.78, 5) is 10.3. The molecule has 0 bridgehead atoms. The average molecular weight is 292 g/mol. The predicted molar refractivity (Wildman–Crippen MR) is 76.1 cm³/mol. The molecule has 3 rings (SSSR count). The van der Waals surface area contributed by atoms with Gasteiger partial charge in [-0.05, 0) is 19.9 Å². The summed E-state index contributed by atoms with van der Waals surface area (Å²) < 4.78 is 7.02. The lowest BCUT2D eigenvalue weighted by Crippen LogP contribution is -2.21. The zero-order valence-electron chi connectivity index (χ0n) is 11.5. The van der Waals surface area contributed by atoms with Crippen LogP contribution < -0.4 is 4.90 Å². The van der Waals surface area contributed by atoms with E-state index in [1.807, 2.05) is 27.0 Å². The van der Waals surface area contributed by atoms with Gasteiger partial charge in [-0.3, -0.25) is 0 Å². The quantitative estimate of drug-likeness (QED) is 0.694. The van der Waals surface area contributed by atoms with Crippen LogP contribution in [0.15, 0.2) is 23.1 Å². The molecule has 3 heterocycles. The van der Waals surface area contributed by atoms with Gasteiger partial charge in [0.15, 0.2) is 0 Å². The lowest BCUT2D eigenvalue weighted by Gasteiger charge is -2.21. The molecular formula is C13H14ClN5O. The highest BCUT2D eigenvalue weighted by Crippen LogP contribution is 2.26. The highest BCUT2D eigenvalue weighted by atomic mass is 35.5. The Labute approximate surface area is 121 Å². The molecule has 0 spiro atoms. The normalized spacial score (nSPS) is 11.2. The number of fused-ring (bicyclic) bond motifs is 1. The van der Waals surface area contributed by atoms with Gasteiger partial charge < -0.3 is 9.32 Å². The molecule has 6 nitrogen and oxygen atoms in total. The molecule has 0 aliphatic rings. The minimum Gasteiger partial charge on any atom is -0.469 e. The highest BCUT2D eigenvalue weighted by molar-refractivity contribution is 6.30. The van der Waals surface area contributed by atoms with Gasteiger partial charge >= 0.3 is 0 Å². The monoisotopic (exact) mass is 291 g/mol. The smallest absolute Gasteiger partial charge is 0.255 e. The molecule has 3 aromatic heterocycles. The largest absolute Gasteiger partial charge is 0.469 e. The van der Waals surface area contributed by atoms with E-state index < -0.39 is 0 Å². The highest BCUT2D eigenvalue weighted by Gasteiger charge is 2.17. The fourth-order valence-electron chi connectivity index (χ4n) is 2.24. The summed E-state index contributed by atoms with van der Waals surface area (Å²) in [5.74, 6) is 2.27. The van der Waals surface area contributed by atoms with Crippen molar-refractivity contribution in [3.05, 3.63) is 40.7 Å². The maximum Gasteiger partial charge on any atom is 0.255 e. The van der Waals surface area contributed by atoms with Gasteiger partial charge in [-0.15, -0.1) is 0 Å². The Hall–Kier alpha value is -2.08. The fraction of sp³-hybridized carbons (Fsp3) is 0.308. The minimum atomic E-state index is 0.441. The molecule has 7 heteroatoms. The minimum absolute atomic E-state index is 0.441. The first-order chi connectivity index (χ1) is 9.58. The van der Waals surface area contributed by atoms with E-state index >= 15 is 0 Å². The van der Waals surface area contributed by atoms with Crippen LogP contribution >= 0.6 is 11.6 Å². The van der Waals surface area contributed by atoms with Crippen LogP contribution in [0.4, 0.5) is 5.82 Å². The van der Waals surface area contributed by atoms with Crippen LogP contribution in [-0.2, 0) is 6.54 Å². The van der Waals surface area contributed by atoms with Gasteiger partial charge in [0.25, 0.3) is 5.78 Å². The van der Waals surface area contributed by atoms with E-state index in [-0.39, 0.29) is 0 Å². The fourth-order valence-corrected chi connectivity index (χ4v) is 2.40. The van der Waals surface area contributed by atoms with Crippen molar-refractivity contribution in [1.82, 2.24) is 19.6 Å². The third-order valence-electron chi connectivity index (χ3n) is 3.31. The number of aromatic nitrogens is 4. The average Bonchev–Trinajstić information content (AvgIpc) is 3.00. The second-order valence-corrected chi connectivity index (χ2v) is 5.04. The van der Waals surface area contributed by atoms with E-state index in [1.54, 1.807) is 10.8 Å². The van der Waals surface area contributed by atoms with Crippen molar-refractivity contribution in [3.8, 4) is 0 Å². The van der Waals surface area contributed by atoms with Gasteiger partial charge in [0, 0.05) is 24.7 Å². The van der Waals surface area contributed by atoms with Crippen molar-refractivity contribution < 1.29 is 4.42 Å². The first kappa shape index (κ1) is 12.9. The summed E-state index contributed by atoms with van der Waals surface area (Å²) >= 11 is 6.17. The van der Waals surface area contributed by atoms with E-state index in [1.165, 1.54) is 6.33 Å². The molecule has 0 aliphatic carbocycles. The molecule has 0 saturated heterocycles. The van der Waals surface area contributed by atoms with Gasteiger partial charge in [0.05, 0.1) is 6.26 Å². The molecule has 0 radical (unpaired) electrons. The van der Waals surface area contributed by atoms with E-state index in [0.29, 0.717) is 17.5 Å². The lowest BCUT2D eigenvalue weighted by molar-refractivity contribution is 0.529. The van der Waals surface area contributed by atoms with E-state index in [2.05, 4.69) is 20.0 Å². The van der Waals surface area contributed by atoms with Crippen molar-refractivity contribution in [2.75, 3.05) is 11.9 Å². The van der Waals surface area contributed by atoms with Gasteiger partial charge in [0.2, 0.25) is 0 Å². The van der Waals surface area contributed by atoms with E-state index in [4.69, 9.17) is 16.0 Å². The topological polar surface area (TPSA) is 59.5 Å². The summed E-state index contributed by atoms with van der Waals surface area (Å²) in [6, 6.07) is 1.96. The molecule has 0 N–H and O–H groups in total. The van der Waals surface area contributed by atoms with Gasteiger partial charge in [-0.2, -0.15) is 19.6 Å². The van der Waals surface area contributed by atoms with Crippen molar-refractivity contribution in [3.63, 3.8) is 0 Å². The summed E-state index contributed by atoms with van der Waals surface area (Å²) in [5, 5.41) is 4.65. The molecule has 0 unspecified atom stereocenters. The van der Waals surface area contributed by atoms with Gasteiger partial charge in [-0.1, -0.05) is 11.6 Å². The van der Waals surface area contributed by atoms with Crippen molar-refractivity contribution in [2.45, 2.75) is 20.4 Å². The van der Waals surface area contributed by atoms with Crippen molar-refractivity contribution in [2.24, 2.45) is 0 Å². The third-order valence-corrected chi connectivity index (χ3v) is 3.68. The van der Waals surface area contributed by atoms with Crippen molar-refractivity contribution >= 4 is 23.2 Å². The zero-order valence-corrected chi connectivity index (χ0v) is 12.2. The molecule has 104 valence electrons. The van der Waals surface area contributed by atoms with Crippen LogP contribution in [0.3, 0.4) is 0 Å².